The van der Waals surface area contributed by atoms with Gasteiger partial charge < -0.3 is 29.7 Å². The van der Waals surface area contributed by atoms with E-state index in [2.05, 4.69) is 5.32 Å². The number of hydrogen-bond donors (Lipinski definition) is 3. The van der Waals surface area contributed by atoms with Crippen LogP contribution in [-0.2, 0) is 14.2 Å². The Labute approximate surface area is 128 Å². The first kappa shape index (κ1) is 16.9. The third-order valence-electron chi connectivity index (χ3n) is 3.67. The number of rotatable bonds is 6. The molecule has 0 aliphatic carbocycles. The van der Waals surface area contributed by atoms with E-state index in [1.807, 2.05) is 6.07 Å². The van der Waals surface area contributed by atoms with Crippen molar-refractivity contribution in [3.05, 3.63) is 35.9 Å². The first-order valence-corrected chi connectivity index (χ1v) is 6.98. The molecule has 1 aliphatic heterocycles. The monoisotopic (exact) mass is 311 g/mol. The lowest BCUT2D eigenvalue weighted by atomic mass is 10.0. The number of methoxy groups -OCH3 is 2. The van der Waals surface area contributed by atoms with Gasteiger partial charge in [0, 0.05) is 19.8 Å². The van der Waals surface area contributed by atoms with Gasteiger partial charge in [-0.05, 0) is 12.1 Å². The van der Waals surface area contributed by atoms with E-state index in [0.29, 0.717) is 5.56 Å². The van der Waals surface area contributed by atoms with Gasteiger partial charge in [-0.15, -0.1) is 0 Å². The molecule has 1 aliphatic rings. The first-order valence-electron chi connectivity index (χ1n) is 6.98. The van der Waals surface area contributed by atoms with Gasteiger partial charge >= 0.3 is 0 Å². The summed E-state index contributed by atoms with van der Waals surface area (Å²) in [6.45, 7) is -0.472. The van der Waals surface area contributed by atoms with Crippen LogP contribution in [0.25, 0.3) is 0 Å². The molecule has 1 heterocycles. The van der Waals surface area contributed by atoms with Gasteiger partial charge in [-0.25, -0.2) is 0 Å². The molecule has 0 radical (unpaired) electrons. The molecular weight excluding hydrogens is 290 g/mol. The maximum absolute atomic E-state index is 12.3. The summed E-state index contributed by atoms with van der Waals surface area (Å²) in [5, 5.41) is 21.7. The fourth-order valence-corrected chi connectivity index (χ4v) is 2.55. The molecule has 122 valence electrons. The van der Waals surface area contributed by atoms with Crippen LogP contribution in [0.5, 0.6) is 0 Å². The quantitative estimate of drug-likeness (QED) is 0.657. The Morgan fingerprint density at radius 1 is 1.32 bits per heavy atom. The lowest BCUT2D eigenvalue weighted by molar-refractivity contribution is -0.154. The minimum atomic E-state index is -1.12. The highest BCUT2D eigenvalue weighted by molar-refractivity contribution is 5.94. The second-order valence-electron chi connectivity index (χ2n) is 5.02. The normalized spacial score (nSPS) is 29.3. The van der Waals surface area contributed by atoms with Crippen molar-refractivity contribution >= 4 is 5.91 Å². The summed E-state index contributed by atoms with van der Waals surface area (Å²) in [5.74, 6) is -0.294. The zero-order valence-corrected chi connectivity index (χ0v) is 12.5. The van der Waals surface area contributed by atoms with Crippen LogP contribution in [0.1, 0.15) is 10.4 Å². The molecule has 5 atom stereocenters. The second-order valence-corrected chi connectivity index (χ2v) is 5.02. The molecule has 0 aromatic heterocycles. The highest BCUT2D eigenvalue weighted by Crippen LogP contribution is 2.26. The molecule has 0 bridgehead atoms. The number of amides is 1. The van der Waals surface area contributed by atoms with E-state index in [0.717, 1.165) is 0 Å². The second kappa shape index (κ2) is 7.66. The Balaban J connectivity index is 2.14. The molecule has 1 saturated heterocycles. The van der Waals surface area contributed by atoms with Crippen molar-refractivity contribution in [2.75, 3.05) is 20.8 Å². The summed E-state index contributed by atoms with van der Waals surface area (Å²) in [4.78, 5) is 12.3. The van der Waals surface area contributed by atoms with E-state index in [-0.39, 0.29) is 5.91 Å². The standard InChI is InChI=1S/C15H21NO6/c1-20-13-11(15(21-2)22-12(13)10(18)8-17)16-14(19)9-6-4-3-5-7-9/h3-7,10-13,15,17-18H,8H2,1-2H3,(H,16,19)/t10-,11+,12-,13-,15-/m1/s1. The van der Waals surface area contributed by atoms with Gasteiger partial charge in [0.25, 0.3) is 5.91 Å². The average molecular weight is 311 g/mol. The Hall–Kier alpha value is -1.51. The van der Waals surface area contributed by atoms with Crippen LogP contribution in [0.15, 0.2) is 30.3 Å². The predicted octanol–water partition coefficient (Wildman–Crippen LogP) is -0.475. The molecule has 0 saturated carbocycles. The number of aliphatic hydroxyl groups excluding tert-OH is 2. The van der Waals surface area contributed by atoms with E-state index in [4.69, 9.17) is 19.3 Å². The Morgan fingerprint density at radius 2 is 2.00 bits per heavy atom. The van der Waals surface area contributed by atoms with E-state index < -0.39 is 37.3 Å². The molecule has 2 rings (SSSR count). The zero-order chi connectivity index (χ0) is 16.1. The van der Waals surface area contributed by atoms with Gasteiger partial charge in [0.2, 0.25) is 0 Å². The smallest absolute Gasteiger partial charge is 0.251 e. The summed E-state index contributed by atoms with van der Waals surface area (Å²) in [5.41, 5.74) is 0.498. The number of benzene rings is 1. The summed E-state index contributed by atoms with van der Waals surface area (Å²) >= 11 is 0. The van der Waals surface area contributed by atoms with Gasteiger partial charge in [-0.2, -0.15) is 0 Å². The van der Waals surface area contributed by atoms with Gasteiger partial charge in [0.1, 0.15) is 24.4 Å². The van der Waals surface area contributed by atoms with Crippen LogP contribution >= 0.6 is 0 Å². The Kier molecular flexibility index (Phi) is 5.87. The predicted molar refractivity (Wildman–Crippen MR) is 77.3 cm³/mol. The SMILES string of the molecule is CO[C@@H]1O[C@H]([C@H](O)CO)[C@H](OC)[C@@H]1NC(=O)c1ccccc1. The molecule has 0 unspecified atom stereocenters. The number of carbonyl (C=O) groups is 1. The van der Waals surface area contributed by atoms with E-state index in [1.54, 1.807) is 24.3 Å². The number of ether oxygens (including phenoxy) is 3. The Bertz CT molecular complexity index is 482. The molecule has 22 heavy (non-hydrogen) atoms. The molecule has 3 N–H and O–H groups in total. The fourth-order valence-electron chi connectivity index (χ4n) is 2.55. The first-order chi connectivity index (χ1) is 10.6. The van der Waals surface area contributed by atoms with Gasteiger partial charge in [-0.1, -0.05) is 18.2 Å². The maximum atomic E-state index is 12.3. The van der Waals surface area contributed by atoms with E-state index in [1.165, 1.54) is 14.2 Å². The van der Waals surface area contributed by atoms with Crippen molar-refractivity contribution in [2.24, 2.45) is 0 Å². The summed E-state index contributed by atoms with van der Waals surface area (Å²) in [7, 11) is 2.89. The third kappa shape index (κ3) is 3.45. The lowest BCUT2D eigenvalue weighted by Gasteiger charge is -2.24. The van der Waals surface area contributed by atoms with E-state index in [9.17, 15) is 9.90 Å². The molecule has 0 spiro atoms. The van der Waals surface area contributed by atoms with Crippen LogP contribution in [-0.4, -0.2) is 67.6 Å². The largest absolute Gasteiger partial charge is 0.394 e. The summed E-state index contributed by atoms with van der Waals surface area (Å²) in [6.07, 6.45) is -3.33. The number of nitrogens with one attached hydrogen (secondary N) is 1. The molecule has 1 aromatic rings. The third-order valence-corrected chi connectivity index (χ3v) is 3.67. The molecule has 7 nitrogen and oxygen atoms in total. The minimum absolute atomic E-state index is 0.294. The van der Waals surface area contributed by atoms with Crippen molar-refractivity contribution in [3.8, 4) is 0 Å². The summed E-state index contributed by atoms with van der Waals surface area (Å²) in [6, 6.07) is 8.12. The minimum Gasteiger partial charge on any atom is -0.394 e. The van der Waals surface area contributed by atoms with Gasteiger partial charge in [0.15, 0.2) is 6.29 Å². The van der Waals surface area contributed by atoms with Gasteiger partial charge in [-0.3, -0.25) is 4.79 Å². The van der Waals surface area contributed by atoms with E-state index >= 15 is 0 Å². The van der Waals surface area contributed by atoms with Crippen molar-refractivity contribution in [3.63, 3.8) is 0 Å². The molecular formula is C15H21NO6. The average Bonchev–Trinajstić information content (AvgIpc) is 2.92. The van der Waals surface area contributed by atoms with Crippen LogP contribution in [0, 0.1) is 0 Å². The highest BCUT2D eigenvalue weighted by atomic mass is 16.7. The number of hydrogen-bond acceptors (Lipinski definition) is 6. The van der Waals surface area contributed by atoms with Crippen LogP contribution in [0.2, 0.25) is 0 Å². The van der Waals surface area contributed by atoms with Gasteiger partial charge in [0.05, 0.1) is 6.61 Å². The Morgan fingerprint density at radius 3 is 2.55 bits per heavy atom. The van der Waals surface area contributed by atoms with Crippen LogP contribution in [0.3, 0.4) is 0 Å². The van der Waals surface area contributed by atoms with Crippen molar-refractivity contribution in [1.82, 2.24) is 5.32 Å². The van der Waals surface area contributed by atoms with Crippen molar-refractivity contribution in [2.45, 2.75) is 30.6 Å². The van der Waals surface area contributed by atoms with Crippen LogP contribution in [0.4, 0.5) is 0 Å². The molecule has 1 fully saturated rings. The molecule has 1 aromatic carbocycles. The number of aliphatic hydroxyl groups is 2. The number of carbonyl (C=O) groups excluding carboxylic acids is 1. The highest BCUT2D eigenvalue weighted by Gasteiger charge is 2.48. The zero-order valence-electron chi connectivity index (χ0n) is 12.5. The molecule has 7 heteroatoms. The fraction of sp³-hybridized carbons (Fsp3) is 0.533. The maximum Gasteiger partial charge on any atom is 0.251 e. The van der Waals surface area contributed by atoms with Crippen LogP contribution < -0.4 is 5.32 Å². The topological polar surface area (TPSA) is 97.2 Å². The summed E-state index contributed by atoms with van der Waals surface area (Å²) < 4.78 is 16.1. The van der Waals surface area contributed by atoms with Crippen molar-refractivity contribution < 1.29 is 29.2 Å². The lowest BCUT2D eigenvalue weighted by Crippen LogP contribution is -2.50. The molecule has 1 amide bonds. The van der Waals surface area contributed by atoms with Crippen molar-refractivity contribution in [1.29, 1.82) is 0 Å².